The topological polar surface area (TPSA) is 74.1 Å². The summed E-state index contributed by atoms with van der Waals surface area (Å²) in [5.41, 5.74) is 3.20. The summed E-state index contributed by atoms with van der Waals surface area (Å²) in [5.74, 6) is 0.404. The van der Waals surface area contributed by atoms with Crippen molar-refractivity contribution in [3.8, 4) is 5.69 Å². The zero-order valence-electron chi connectivity index (χ0n) is 15.1. The van der Waals surface area contributed by atoms with Crippen molar-refractivity contribution >= 4 is 22.8 Å². The molecule has 26 heavy (non-hydrogen) atoms. The van der Waals surface area contributed by atoms with Crippen LogP contribution in [-0.2, 0) is 9.53 Å². The third-order valence-electron chi connectivity index (χ3n) is 4.06. The minimum absolute atomic E-state index is 0.229. The third-order valence-corrected chi connectivity index (χ3v) is 4.06. The zero-order chi connectivity index (χ0) is 18.7. The molecule has 0 aliphatic rings. The Labute approximate surface area is 151 Å². The normalized spacial score (nSPS) is 11.1. The van der Waals surface area contributed by atoms with Crippen molar-refractivity contribution < 1.29 is 14.3 Å². The number of ether oxygens (including phenoxy) is 1. The highest BCUT2D eigenvalue weighted by Crippen LogP contribution is 2.25. The molecule has 3 rings (SSSR count). The number of carbonyl (C=O) groups excluding carboxylic acids is 2. The minimum atomic E-state index is -0.503. The molecule has 0 atom stereocenters. The second-order valence-corrected chi connectivity index (χ2v) is 6.28. The summed E-state index contributed by atoms with van der Waals surface area (Å²) in [5, 5.41) is 0. The number of benzene rings is 1. The predicted octanol–water partition coefficient (Wildman–Crippen LogP) is 3.68. The molecule has 6 nitrogen and oxygen atoms in total. The van der Waals surface area contributed by atoms with Crippen LogP contribution < -0.4 is 0 Å². The van der Waals surface area contributed by atoms with E-state index in [1.54, 1.807) is 31.5 Å². The number of pyridine rings is 1. The van der Waals surface area contributed by atoms with Crippen LogP contribution in [0.2, 0.25) is 0 Å². The van der Waals surface area contributed by atoms with Crippen LogP contribution in [0.25, 0.3) is 16.7 Å². The van der Waals surface area contributed by atoms with Gasteiger partial charge in [0, 0.05) is 23.4 Å². The van der Waals surface area contributed by atoms with Gasteiger partial charge >= 0.3 is 5.97 Å². The maximum Gasteiger partial charge on any atom is 0.313 e. The average Bonchev–Trinajstić information content (AvgIpc) is 3.02. The summed E-state index contributed by atoms with van der Waals surface area (Å²) < 4.78 is 6.90. The summed E-state index contributed by atoms with van der Waals surface area (Å²) >= 11 is 0. The molecule has 3 aromatic rings. The van der Waals surface area contributed by atoms with Gasteiger partial charge in [0.2, 0.25) is 0 Å². The first-order valence-electron chi connectivity index (χ1n) is 8.63. The van der Waals surface area contributed by atoms with Gasteiger partial charge in [0.05, 0.1) is 18.3 Å². The number of hydrogen-bond donors (Lipinski definition) is 0. The summed E-state index contributed by atoms with van der Waals surface area (Å²) in [6.07, 6.45) is 3.24. The Hall–Kier alpha value is -3.02. The quantitative estimate of drug-likeness (QED) is 0.385. The number of esters is 1. The van der Waals surface area contributed by atoms with Crippen LogP contribution in [0, 0.1) is 0 Å². The molecule has 2 heterocycles. The van der Waals surface area contributed by atoms with Gasteiger partial charge in [-0.1, -0.05) is 13.8 Å². The maximum atomic E-state index is 12.2. The monoisotopic (exact) mass is 351 g/mol. The van der Waals surface area contributed by atoms with E-state index in [1.807, 2.05) is 18.2 Å². The first-order valence-corrected chi connectivity index (χ1v) is 8.63. The lowest BCUT2D eigenvalue weighted by atomic mass is 10.1. The molecule has 0 saturated heterocycles. The van der Waals surface area contributed by atoms with Gasteiger partial charge in [0.1, 0.15) is 17.8 Å². The molecular weight excluding hydrogens is 330 g/mol. The standard InChI is InChI=1S/C20H21N3O3/c1-4-26-19(25)11-18(24)14-5-7-15(8-6-14)23-17-9-10-21-12-16(17)22-20(23)13(2)3/h5-10,12-13H,4,11H2,1-3H3. The van der Waals surface area contributed by atoms with Crippen molar-refractivity contribution in [2.24, 2.45) is 0 Å². The first kappa shape index (κ1) is 17.8. The van der Waals surface area contributed by atoms with Crippen LogP contribution in [0.4, 0.5) is 0 Å². The van der Waals surface area contributed by atoms with Crippen molar-refractivity contribution in [3.05, 3.63) is 54.1 Å². The SMILES string of the molecule is CCOC(=O)CC(=O)c1ccc(-n2c(C(C)C)nc3cnccc32)cc1. The smallest absolute Gasteiger partial charge is 0.313 e. The molecule has 0 aliphatic heterocycles. The molecule has 0 spiro atoms. The van der Waals surface area contributed by atoms with Crippen LogP contribution in [0.1, 0.15) is 49.3 Å². The minimum Gasteiger partial charge on any atom is -0.466 e. The van der Waals surface area contributed by atoms with E-state index in [1.165, 1.54) is 0 Å². The molecule has 0 amide bonds. The summed E-state index contributed by atoms with van der Waals surface area (Å²) in [4.78, 5) is 32.5. The molecule has 134 valence electrons. The Balaban J connectivity index is 1.94. The fraction of sp³-hybridized carbons (Fsp3) is 0.300. The van der Waals surface area contributed by atoms with Gasteiger partial charge in [-0.2, -0.15) is 0 Å². The molecule has 0 unspecified atom stereocenters. The van der Waals surface area contributed by atoms with E-state index < -0.39 is 5.97 Å². The second kappa shape index (κ2) is 7.47. The number of carbonyl (C=O) groups is 2. The highest BCUT2D eigenvalue weighted by Gasteiger charge is 2.16. The zero-order valence-corrected chi connectivity index (χ0v) is 15.1. The fourth-order valence-corrected chi connectivity index (χ4v) is 2.85. The van der Waals surface area contributed by atoms with Gasteiger partial charge in [-0.25, -0.2) is 4.98 Å². The van der Waals surface area contributed by atoms with Crippen LogP contribution >= 0.6 is 0 Å². The molecule has 0 aliphatic carbocycles. The third kappa shape index (κ3) is 3.49. The van der Waals surface area contributed by atoms with Gasteiger partial charge in [-0.3, -0.25) is 19.1 Å². The van der Waals surface area contributed by atoms with Gasteiger partial charge < -0.3 is 4.74 Å². The van der Waals surface area contributed by atoms with Crippen LogP contribution in [0.5, 0.6) is 0 Å². The highest BCUT2D eigenvalue weighted by atomic mass is 16.5. The lowest BCUT2D eigenvalue weighted by Crippen LogP contribution is -2.11. The molecule has 0 bridgehead atoms. The number of Topliss-reactive ketones (excluding diaryl/α,β-unsaturated/α-hetero) is 1. The Bertz CT molecular complexity index is 943. The number of imidazole rings is 1. The van der Waals surface area contributed by atoms with E-state index in [4.69, 9.17) is 4.74 Å². The van der Waals surface area contributed by atoms with Crippen molar-refractivity contribution in [3.63, 3.8) is 0 Å². The van der Waals surface area contributed by atoms with Gasteiger partial charge in [-0.05, 0) is 37.3 Å². The average molecular weight is 351 g/mol. The largest absolute Gasteiger partial charge is 0.466 e. The van der Waals surface area contributed by atoms with Crippen molar-refractivity contribution in [1.29, 1.82) is 0 Å². The molecule has 6 heteroatoms. The Morgan fingerprint density at radius 3 is 2.54 bits per heavy atom. The van der Waals surface area contributed by atoms with Crippen LogP contribution in [-0.4, -0.2) is 32.9 Å². The lowest BCUT2D eigenvalue weighted by Gasteiger charge is -2.12. The summed E-state index contributed by atoms with van der Waals surface area (Å²) in [6.45, 7) is 6.16. The van der Waals surface area contributed by atoms with E-state index in [0.29, 0.717) is 5.56 Å². The number of fused-ring (bicyclic) bond motifs is 1. The lowest BCUT2D eigenvalue weighted by molar-refractivity contribution is -0.141. The van der Waals surface area contributed by atoms with E-state index in [-0.39, 0.29) is 24.7 Å². The predicted molar refractivity (Wildman–Crippen MR) is 98.5 cm³/mol. The maximum absolute atomic E-state index is 12.2. The van der Waals surface area contributed by atoms with Crippen molar-refractivity contribution in [1.82, 2.24) is 14.5 Å². The Kier molecular flexibility index (Phi) is 5.11. The Morgan fingerprint density at radius 2 is 1.88 bits per heavy atom. The molecule has 0 fully saturated rings. The van der Waals surface area contributed by atoms with Gasteiger partial charge in [-0.15, -0.1) is 0 Å². The Morgan fingerprint density at radius 1 is 1.15 bits per heavy atom. The second-order valence-electron chi connectivity index (χ2n) is 6.28. The van der Waals surface area contributed by atoms with Gasteiger partial charge in [0.15, 0.2) is 5.78 Å². The number of ketones is 1. The molecule has 1 aromatic carbocycles. The molecular formula is C20H21N3O3. The first-order chi connectivity index (χ1) is 12.5. The summed E-state index contributed by atoms with van der Waals surface area (Å²) in [7, 11) is 0. The van der Waals surface area contributed by atoms with Gasteiger partial charge in [0.25, 0.3) is 0 Å². The van der Waals surface area contributed by atoms with E-state index >= 15 is 0 Å². The molecule has 0 N–H and O–H groups in total. The highest BCUT2D eigenvalue weighted by molar-refractivity contribution is 6.06. The van der Waals surface area contributed by atoms with Crippen LogP contribution in [0.3, 0.4) is 0 Å². The molecule has 0 radical (unpaired) electrons. The van der Waals surface area contributed by atoms with Crippen LogP contribution in [0.15, 0.2) is 42.7 Å². The number of nitrogens with zero attached hydrogens (tertiary/aromatic N) is 3. The van der Waals surface area contributed by atoms with E-state index in [9.17, 15) is 9.59 Å². The number of rotatable bonds is 6. The van der Waals surface area contributed by atoms with Crippen molar-refractivity contribution in [2.75, 3.05) is 6.61 Å². The molecule has 0 saturated carbocycles. The van der Waals surface area contributed by atoms with Crippen molar-refractivity contribution in [2.45, 2.75) is 33.1 Å². The molecule has 2 aromatic heterocycles. The fourth-order valence-electron chi connectivity index (χ4n) is 2.85. The summed E-state index contributed by atoms with van der Waals surface area (Å²) in [6, 6.07) is 9.12. The number of aromatic nitrogens is 3. The number of hydrogen-bond acceptors (Lipinski definition) is 5. The van der Waals surface area contributed by atoms with E-state index in [0.717, 1.165) is 22.5 Å². The van der Waals surface area contributed by atoms with E-state index in [2.05, 4.69) is 28.4 Å².